The number of nitrogens with two attached hydrogens (primary N) is 1. The molecule has 80 valence electrons. The monoisotopic (exact) mass is 202 g/mol. The zero-order chi connectivity index (χ0) is 10.4. The summed E-state index contributed by atoms with van der Waals surface area (Å²) < 4.78 is 5.10. The van der Waals surface area contributed by atoms with Crippen LogP contribution < -0.4 is 11.2 Å². The highest BCUT2D eigenvalue weighted by Crippen LogP contribution is 1.93. The van der Waals surface area contributed by atoms with Gasteiger partial charge in [0.2, 0.25) is 5.91 Å². The average molecular weight is 202 g/mol. The van der Waals surface area contributed by atoms with Crippen LogP contribution in [-0.4, -0.2) is 48.3 Å². The van der Waals surface area contributed by atoms with Crippen LogP contribution in [0.15, 0.2) is 5.16 Å². The van der Waals surface area contributed by atoms with Gasteiger partial charge < -0.3 is 15.7 Å². The Bertz CT molecular complexity index is 225. The molecule has 0 aromatic heterocycles. The first-order valence-electron chi connectivity index (χ1n) is 4.31. The molecule has 0 aromatic carbocycles. The molecule has 0 bridgehead atoms. The summed E-state index contributed by atoms with van der Waals surface area (Å²) in [4.78, 5) is 11.2. The summed E-state index contributed by atoms with van der Waals surface area (Å²) in [6.07, 6.45) is -0.103. The number of amides is 1. The number of rotatable bonds is 3. The molecule has 1 fully saturated rings. The van der Waals surface area contributed by atoms with Crippen LogP contribution in [0.3, 0.4) is 0 Å². The van der Waals surface area contributed by atoms with E-state index >= 15 is 0 Å². The molecule has 1 aliphatic heterocycles. The molecule has 1 aliphatic rings. The van der Waals surface area contributed by atoms with Crippen LogP contribution in [0.1, 0.15) is 6.42 Å². The quantitative estimate of drug-likeness (QED) is 0.223. The first kappa shape index (κ1) is 10.7. The van der Waals surface area contributed by atoms with E-state index in [2.05, 4.69) is 10.6 Å². The summed E-state index contributed by atoms with van der Waals surface area (Å²) in [5, 5.41) is 12.7. The third-order valence-electron chi connectivity index (χ3n) is 1.76. The van der Waals surface area contributed by atoms with Crippen molar-refractivity contribution in [3.05, 3.63) is 0 Å². The minimum atomic E-state index is -0.290. The van der Waals surface area contributed by atoms with Gasteiger partial charge in [0.05, 0.1) is 19.6 Å². The lowest BCUT2D eigenvalue weighted by Crippen LogP contribution is -2.49. The van der Waals surface area contributed by atoms with E-state index in [1.165, 1.54) is 0 Å². The summed E-state index contributed by atoms with van der Waals surface area (Å²) in [5.41, 5.74) is 7.80. The van der Waals surface area contributed by atoms with Crippen molar-refractivity contribution >= 4 is 11.7 Å². The predicted molar refractivity (Wildman–Crippen MR) is 48.6 cm³/mol. The number of amidine groups is 1. The number of oxime groups is 1. The SMILES string of the molecule is N/C(CC(=O)NN1CCOCC1)=N\O. The smallest absolute Gasteiger partial charge is 0.241 e. The van der Waals surface area contributed by atoms with Crippen molar-refractivity contribution in [1.82, 2.24) is 10.4 Å². The molecule has 1 amide bonds. The fourth-order valence-corrected chi connectivity index (χ4v) is 1.09. The third kappa shape index (κ3) is 3.58. The molecule has 0 radical (unpaired) electrons. The number of ether oxygens (including phenoxy) is 1. The van der Waals surface area contributed by atoms with Crippen molar-refractivity contribution in [3.63, 3.8) is 0 Å². The Morgan fingerprint density at radius 2 is 2.21 bits per heavy atom. The first-order valence-corrected chi connectivity index (χ1v) is 4.31. The lowest BCUT2D eigenvalue weighted by Gasteiger charge is -2.26. The number of nitrogens with one attached hydrogen (secondary N) is 1. The van der Waals surface area contributed by atoms with Gasteiger partial charge in [0, 0.05) is 13.1 Å². The van der Waals surface area contributed by atoms with Gasteiger partial charge in [-0.2, -0.15) is 0 Å². The van der Waals surface area contributed by atoms with Gasteiger partial charge in [-0.15, -0.1) is 0 Å². The van der Waals surface area contributed by atoms with E-state index in [9.17, 15) is 4.79 Å². The van der Waals surface area contributed by atoms with Crippen LogP contribution in [0.4, 0.5) is 0 Å². The Hall–Kier alpha value is -1.34. The number of morpholine rings is 1. The van der Waals surface area contributed by atoms with Gasteiger partial charge in [-0.3, -0.25) is 10.2 Å². The minimum absolute atomic E-state index is 0.101. The second-order valence-electron chi connectivity index (χ2n) is 2.90. The summed E-state index contributed by atoms with van der Waals surface area (Å²) in [6, 6.07) is 0. The van der Waals surface area contributed by atoms with Crippen molar-refractivity contribution in [2.75, 3.05) is 26.3 Å². The molecule has 0 saturated carbocycles. The van der Waals surface area contributed by atoms with Crippen molar-refractivity contribution < 1.29 is 14.7 Å². The molecule has 7 heteroatoms. The summed E-state index contributed by atoms with van der Waals surface area (Å²) in [7, 11) is 0. The largest absolute Gasteiger partial charge is 0.409 e. The fraction of sp³-hybridized carbons (Fsp3) is 0.714. The van der Waals surface area contributed by atoms with Crippen molar-refractivity contribution in [3.8, 4) is 0 Å². The number of carbonyl (C=O) groups is 1. The molecule has 4 N–H and O–H groups in total. The minimum Gasteiger partial charge on any atom is -0.409 e. The zero-order valence-electron chi connectivity index (χ0n) is 7.77. The fourth-order valence-electron chi connectivity index (χ4n) is 1.09. The molecular weight excluding hydrogens is 188 g/mol. The molecular formula is C7H14N4O3. The molecule has 0 unspecified atom stereocenters. The molecule has 1 heterocycles. The first-order chi connectivity index (χ1) is 6.72. The number of hydrogen-bond acceptors (Lipinski definition) is 5. The van der Waals surface area contributed by atoms with Crippen molar-refractivity contribution in [1.29, 1.82) is 0 Å². The number of hydrogen-bond donors (Lipinski definition) is 3. The highest BCUT2D eigenvalue weighted by atomic mass is 16.5. The van der Waals surface area contributed by atoms with Gasteiger partial charge in [0.15, 0.2) is 0 Å². The van der Waals surface area contributed by atoms with Gasteiger partial charge in [-0.1, -0.05) is 5.16 Å². The van der Waals surface area contributed by atoms with Gasteiger partial charge in [-0.25, -0.2) is 5.01 Å². The molecule has 14 heavy (non-hydrogen) atoms. The zero-order valence-corrected chi connectivity index (χ0v) is 7.77. The molecule has 1 rings (SSSR count). The van der Waals surface area contributed by atoms with Crippen LogP contribution in [0.2, 0.25) is 0 Å². The van der Waals surface area contributed by atoms with Gasteiger partial charge in [-0.05, 0) is 0 Å². The molecule has 0 aromatic rings. The maximum absolute atomic E-state index is 11.2. The summed E-state index contributed by atoms with van der Waals surface area (Å²) in [6.45, 7) is 2.51. The summed E-state index contributed by atoms with van der Waals surface area (Å²) in [5.74, 6) is -0.391. The normalized spacial score (nSPS) is 19.3. The van der Waals surface area contributed by atoms with E-state index in [0.29, 0.717) is 26.3 Å². The van der Waals surface area contributed by atoms with E-state index in [4.69, 9.17) is 15.7 Å². The predicted octanol–water partition coefficient (Wildman–Crippen LogP) is -1.51. The second kappa shape index (κ2) is 5.40. The number of nitrogens with zero attached hydrogens (tertiary/aromatic N) is 2. The Morgan fingerprint density at radius 1 is 1.57 bits per heavy atom. The number of hydrazine groups is 1. The highest BCUT2D eigenvalue weighted by molar-refractivity contribution is 5.98. The van der Waals surface area contributed by atoms with Crippen molar-refractivity contribution in [2.24, 2.45) is 10.9 Å². The van der Waals surface area contributed by atoms with Crippen LogP contribution in [0.5, 0.6) is 0 Å². The Labute approximate surface area is 81.5 Å². The van der Waals surface area contributed by atoms with Crippen LogP contribution in [0, 0.1) is 0 Å². The Balaban J connectivity index is 2.25. The maximum atomic E-state index is 11.2. The van der Waals surface area contributed by atoms with E-state index in [-0.39, 0.29) is 18.2 Å². The Morgan fingerprint density at radius 3 is 2.79 bits per heavy atom. The lowest BCUT2D eigenvalue weighted by molar-refractivity contribution is -0.126. The standard InChI is InChI=1S/C7H14N4O3/c8-6(10-13)5-7(12)9-11-1-3-14-4-2-11/h13H,1-5H2,(H2,8,10)(H,9,12). The third-order valence-corrected chi connectivity index (χ3v) is 1.76. The molecule has 0 aliphatic carbocycles. The Kier molecular flexibility index (Phi) is 4.14. The van der Waals surface area contributed by atoms with Gasteiger partial charge in [0.25, 0.3) is 0 Å². The lowest BCUT2D eigenvalue weighted by atomic mass is 10.4. The second-order valence-corrected chi connectivity index (χ2v) is 2.90. The topological polar surface area (TPSA) is 100 Å². The van der Waals surface area contributed by atoms with Crippen LogP contribution in [0.25, 0.3) is 0 Å². The van der Waals surface area contributed by atoms with Gasteiger partial charge in [0.1, 0.15) is 5.84 Å². The number of carbonyl (C=O) groups excluding carboxylic acids is 1. The van der Waals surface area contributed by atoms with Crippen LogP contribution >= 0.6 is 0 Å². The van der Waals surface area contributed by atoms with E-state index in [1.54, 1.807) is 5.01 Å². The highest BCUT2D eigenvalue weighted by Gasteiger charge is 2.13. The molecule has 1 saturated heterocycles. The maximum Gasteiger partial charge on any atom is 0.241 e. The summed E-state index contributed by atoms with van der Waals surface area (Å²) >= 11 is 0. The molecule has 7 nitrogen and oxygen atoms in total. The van der Waals surface area contributed by atoms with E-state index in [0.717, 1.165) is 0 Å². The van der Waals surface area contributed by atoms with E-state index < -0.39 is 0 Å². The average Bonchev–Trinajstić information content (AvgIpc) is 2.19. The van der Waals surface area contributed by atoms with Gasteiger partial charge >= 0.3 is 0 Å². The molecule has 0 atom stereocenters. The van der Waals surface area contributed by atoms with Crippen LogP contribution in [-0.2, 0) is 9.53 Å². The molecule has 0 spiro atoms. The van der Waals surface area contributed by atoms with Crippen molar-refractivity contribution in [2.45, 2.75) is 6.42 Å². The van der Waals surface area contributed by atoms with E-state index in [1.807, 2.05) is 0 Å².